The molecule has 0 atom stereocenters. The molecule has 0 radical (unpaired) electrons. The number of aromatic amines is 1. The molecule has 0 aromatic carbocycles. The summed E-state index contributed by atoms with van der Waals surface area (Å²) < 4.78 is 43.3. The molecule has 0 spiro atoms. The van der Waals surface area contributed by atoms with E-state index in [1.54, 1.807) is 6.20 Å². The number of ether oxygens (including phenoxy) is 1. The van der Waals surface area contributed by atoms with Gasteiger partial charge < -0.3 is 4.74 Å². The molecule has 1 N–H and O–H groups in total. The van der Waals surface area contributed by atoms with Crippen LogP contribution in [0.3, 0.4) is 0 Å². The Morgan fingerprint density at radius 2 is 2.11 bits per heavy atom. The molecule has 0 saturated carbocycles. The molecule has 7 heteroatoms. The van der Waals surface area contributed by atoms with Gasteiger partial charge in [-0.25, -0.2) is 0 Å². The van der Waals surface area contributed by atoms with E-state index in [0.717, 1.165) is 17.5 Å². The Hall–Kier alpha value is -1.89. The number of H-pyrrole nitrogens is 1. The second-order valence-corrected chi connectivity index (χ2v) is 4.03. The van der Waals surface area contributed by atoms with Crippen LogP contribution in [0.15, 0.2) is 24.5 Å². The highest BCUT2D eigenvalue weighted by Gasteiger charge is 2.34. The van der Waals surface area contributed by atoms with E-state index in [4.69, 9.17) is 4.74 Å². The molecule has 2 aromatic heterocycles. The van der Waals surface area contributed by atoms with Gasteiger partial charge in [0.15, 0.2) is 0 Å². The number of alkyl halides is 3. The minimum Gasteiger partial charge on any atom is -0.370 e. The zero-order valence-electron chi connectivity index (χ0n) is 10.2. The number of nitrogens with zero attached hydrogens (tertiary/aromatic N) is 2. The summed E-state index contributed by atoms with van der Waals surface area (Å²) in [5, 5.41) is 6.53. The third kappa shape index (κ3) is 3.31. The number of halogens is 3. The van der Waals surface area contributed by atoms with Crippen LogP contribution in [0.4, 0.5) is 13.2 Å². The smallest absolute Gasteiger partial charge is 0.370 e. The first kappa shape index (κ1) is 13.5. The SMILES string of the molecule is Cc1cn[nH]c1COCc1cccnc1C(F)(F)F. The quantitative estimate of drug-likeness (QED) is 0.930. The zero-order valence-corrected chi connectivity index (χ0v) is 10.2. The van der Waals surface area contributed by atoms with Crippen molar-refractivity contribution in [2.24, 2.45) is 0 Å². The van der Waals surface area contributed by atoms with Crippen LogP contribution >= 0.6 is 0 Å². The van der Waals surface area contributed by atoms with Crippen molar-refractivity contribution in [3.8, 4) is 0 Å². The standard InChI is InChI=1S/C12H12F3N3O/c1-8-5-17-18-10(8)7-19-6-9-3-2-4-16-11(9)12(13,14)15/h2-5H,6-7H2,1H3,(H,17,18). The number of nitrogens with one attached hydrogen (secondary N) is 1. The predicted octanol–water partition coefficient (Wildman–Crippen LogP) is 2.85. The zero-order chi connectivity index (χ0) is 13.9. The third-order valence-electron chi connectivity index (χ3n) is 2.60. The maximum Gasteiger partial charge on any atom is 0.433 e. The molecule has 0 unspecified atom stereocenters. The fraction of sp³-hybridized carbons (Fsp3) is 0.333. The number of rotatable bonds is 4. The van der Waals surface area contributed by atoms with Crippen molar-refractivity contribution in [3.63, 3.8) is 0 Å². The summed E-state index contributed by atoms with van der Waals surface area (Å²) >= 11 is 0. The summed E-state index contributed by atoms with van der Waals surface area (Å²) in [6.45, 7) is 1.87. The summed E-state index contributed by atoms with van der Waals surface area (Å²) in [6.07, 6.45) is -1.72. The number of aryl methyl sites for hydroxylation is 1. The molecule has 0 aliphatic rings. The second kappa shape index (κ2) is 5.40. The average Bonchev–Trinajstić information content (AvgIpc) is 2.75. The van der Waals surface area contributed by atoms with E-state index in [9.17, 15) is 13.2 Å². The third-order valence-corrected chi connectivity index (χ3v) is 2.60. The molecular formula is C12H12F3N3O. The average molecular weight is 271 g/mol. The van der Waals surface area contributed by atoms with Crippen LogP contribution in [0, 0.1) is 6.92 Å². The van der Waals surface area contributed by atoms with E-state index in [1.165, 1.54) is 12.1 Å². The van der Waals surface area contributed by atoms with Gasteiger partial charge in [-0.2, -0.15) is 18.3 Å². The highest BCUT2D eigenvalue weighted by atomic mass is 19.4. The van der Waals surface area contributed by atoms with Crippen LogP contribution in [0.1, 0.15) is 22.5 Å². The first-order chi connectivity index (χ1) is 8.98. The lowest BCUT2D eigenvalue weighted by molar-refractivity contribution is -0.142. The summed E-state index contributed by atoms with van der Waals surface area (Å²) in [7, 11) is 0. The molecule has 0 aliphatic carbocycles. The molecule has 102 valence electrons. The van der Waals surface area contributed by atoms with Crippen molar-refractivity contribution in [1.29, 1.82) is 0 Å². The minimum absolute atomic E-state index is 0.0205. The van der Waals surface area contributed by atoms with Gasteiger partial charge in [0.25, 0.3) is 0 Å². The van der Waals surface area contributed by atoms with E-state index in [1.807, 2.05) is 6.92 Å². The van der Waals surface area contributed by atoms with Gasteiger partial charge in [0.05, 0.1) is 25.1 Å². The minimum atomic E-state index is -4.47. The van der Waals surface area contributed by atoms with Gasteiger partial charge >= 0.3 is 6.18 Å². The maximum atomic E-state index is 12.7. The summed E-state index contributed by atoms with van der Waals surface area (Å²) in [6, 6.07) is 2.81. The molecule has 2 rings (SSSR count). The van der Waals surface area contributed by atoms with E-state index >= 15 is 0 Å². The first-order valence-electron chi connectivity index (χ1n) is 5.56. The number of hydrogen-bond donors (Lipinski definition) is 1. The topological polar surface area (TPSA) is 50.8 Å². The van der Waals surface area contributed by atoms with Gasteiger partial charge in [-0.15, -0.1) is 0 Å². The number of aromatic nitrogens is 3. The fourth-order valence-corrected chi connectivity index (χ4v) is 1.59. The van der Waals surface area contributed by atoms with Crippen molar-refractivity contribution in [2.75, 3.05) is 0 Å². The number of pyridine rings is 1. The lowest BCUT2D eigenvalue weighted by Crippen LogP contribution is -2.12. The molecular weight excluding hydrogens is 259 g/mol. The van der Waals surface area contributed by atoms with Crippen LogP contribution < -0.4 is 0 Å². The van der Waals surface area contributed by atoms with Crippen molar-refractivity contribution < 1.29 is 17.9 Å². The van der Waals surface area contributed by atoms with E-state index in [2.05, 4.69) is 15.2 Å². The number of hydrogen-bond acceptors (Lipinski definition) is 3. The summed E-state index contributed by atoms with van der Waals surface area (Å²) in [5.74, 6) is 0. The van der Waals surface area contributed by atoms with Gasteiger partial charge in [0, 0.05) is 11.8 Å². The molecule has 0 fully saturated rings. The van der Waals surface area contributed by atoms with Gasteiger partial charge in [0.1, 0.15) is 5.69 Å². The van der Waals surface area contributed by atoms with E-state index in [-0.39, 0.29) is 18.8 Å². The molecule has 2 heterocycles. The van der Waals surface area contributed by atoms with Crippen LogP contribution in [-0.2, 0) is 24.1 Å². The summed E-state index contributed by atoms with van der Waals surface area (Å²) in [4.78, 5) is 3.36. The van der Waals surface area contributed by atoms with Crippen LogP contribution in [-0.4, -0.2) is 15.2 Å². The Bertz CT molecular complexity index is 551. The molecule has 4 nitrogen and oxygen atoms in total. The highest BCUT2D eigenvalue weighted by molar-refractivity contribution is 5.21. The van der Waals surface area contributed by atoms with Gasteiger partial charge in [0.2, 0.25) is 0 Å². The molecule has 0 aliphatic heterocycles. The monoisotopic (exact) mass is 271 g/mol. The van der Waals surface area contributed by atoms with Crippen LogP contribution in [0.2, 0.25) is 0 Å². The van der Waals surface area contributed by atoms with Crippen molar-refractivity contribution in [1.82, 2.24) is 15.2 Å². The molecule has 2 aromatic rings. The Labute approximate surface area is 107 Å². The van der Waals surface area contributed by atoms with Gasteiger partial charge in [-0.05, 0) is 18.6 Å². The summed E-state index contributed by atoms with van der Waals surface area (Å²) in [5.41, 5.74) is 0.767. The normalized spacial score (nSPS) is 11.8. The fourth-order valence-electron chi connectivity index (χ4n) is 1.59. The van der Waals surface area contributed by atoms with Crippen LogP contribution in [0.5, 0.6) is 0 Å². The predicted molar refractivity (Wildman–Crippen MR) is 61.1 cm³/mol. The first-order valence-corrected chi connectivity index (χ1v) is 5.56. The Kier molecular flexibility index (Phi) is 3.84. The second-order valence-electron chi connectivity index (χ2n) is 4.03. The van der Waals surface area contributed by atoms with Crippen molar-refractivity contribution >= 4 is 0 Å². The lowest BCUT2D eigenvalue weighted by atomic mass is 10.2. The molecule has 0 bridgehead atoms. The Balaban J connectivity index is 2.02. The Morgan fingerprint density at radius 3 is 2.74 bits per heavy atom. The molecule has 19 heavy (non-hydrogen) atoms. The molecule has 0 saturated heterocycles. The maximum absolute atomic E-state index is 12.7. The van der Waals surface area contributed by atoms with E-state index < -0.39 is 11.9 Å². The van der Waals surface area contributed by atoms with Crippen molar-refractivity contribution in [2.45, 2.75) is 26.3 Å². The van der Waals surface area contributed by atoms with Crippen LogP contribution in [0.25, 0.3) is 0 Å². The Morgan fingerprint density at radius 1 is 1.32 bits per heavy atom. The van der Waals surface area contributed by atoms with Gasteiger partial charge in [-0.3, -0.25) is 10.1 Å². The van der Waals surface area contributed by atoms with E-state index in [0.29, 0.717) is 0 Å². The van der Waals surface area contributed by atoms with Crippen molar-refractivity contribution in [3.05, 3.63) is 47.0 Å². The van der Waals surface area contributed by atoms with Gasteiger partial charge in [-0.1, -0.05) is 6.07 Å². The molecule has 0 amide bonds. The lowest BCUT2D eigenvalue weighted by Gasteiger charge is -2.11. The largest absolute Gasteiger partial charge is 0.433 e. The highest BCUT2D eigenvalue weighted by Crippen LogP contribution is 2.30.